The van der Waals surface area contributed by atoms with Crippen molar-refractivity contribution in [2.45, 2.75) is 0 Å². The van der Waals surface area contributed by atoms with Crippen LogP contribution >= 0.6 is 0 Å². The number of carbonyl (C=O) groups is 2. The molecule has 1 aromatic heterocycles. The highest BCUT2D eigenvalue weighted by molar-refractivity contribution is 6.05. The van der Waals surface area contributed by atoms with Crippen LogP contribution < -0.4 is 9.47 Å². The summed E-state index contributed by atoms with van der Waals surface area (Å²) in [7, 11) is 1.30. The number of aromatic nitrogens is 1. The zero-order valence-electron chi connectivity index (χ0n) is 13.2. The standard InChI is InChI=1S/C18H13NO6/c1-23-18(22)12-8-19(13-5-3-2-4-10(12)13)14-7-16-15(24-9-25-16)6-11(14)17(20)21/h2-8H,9H2,1H3,(H,20,21). The van der Waals surface area contributed by atoms with Crippen LogP contribution in [0, 0.1) is 0 Å². The van der Waals surface area contributed by atoms with E-state index in [-0.39, 0.29) is 12.4 Å². The van der Waals surface area contributed by atoms with Crippen LogP contribution in [0.2, 0.25) is 0 Å². The predicted molar refractivity (Wildman–Crippen MR) is 87.7 cm³/mol. The fraction of sp³-hybridized carbons (Fsp3) is 0.111. The first-order valence-electron chi connectivity index (χ1n) is 7.46. The Morgan fingerprint density at radius 3 is 2.56 bits per heavy atom. The van der Waals surface area contributed by atoms with Gasteiger partial charge < -0.3 is 23.9 Å². The molecule has 7 nitrogen and oxygen atoms in total. The molecular formula is C18H13NO6. The summed E-state index contributed by atoms with van der Waals surface area (Å²) < 4.78 is 17.1. The topological polar surface area (TPSA) is 87.0 Å². The molecule has 3 aromatic rings. The zero-order chi connectivity index (χ0) is 17.6. The molecule has 1 aliphatic rings. The Balaban J connectivity index is 2.02. The Morgan fingerprint density at radius 2 is 1.84 bits per heavy atom. The third-order valence-electron chi connectivity index (χ3n) is 4.10. The molecule has 0 unspecified atom stereocenters. The van der Waals surface area contributed by atoms with Gasteiger partial charge in [0.2, 0.25) is 6.79 Å². The van der Waals surface area contributed by atoms with E-state index in [0.717, 1.165) is 0 Å². The number of hydrogen-bond acceptors (Lipinski definition) is 5. The molecule has 0 fully saturated rings. The van der Waals surface area contributed by atoms with Crippen LogP contribution in [-0.4, -0.2) is 35.5 Å². The fourth-order valence-electron chi connectivity index (χ4n) is 2.95. The number of methoxy groups -OCH3 is 1. The van der Waals surface area contributed by atoms with Gasteiger partial charge in [-0.1, -0.05) is 18.2 Å². The number of fused-ring (bicyclic) bond motifs is 2. The second-order valence-corrected chi connectivity index (χ2v) is 5.45. The molecule has 4 rings (SSSR count). The molecule has 25 heavy (non-hydrogen) atoms. The van der Waals surface area contributed by atoms with Gasteiger partial charge >= 0.3 is 11.9 Å². The summed E-state index contributed by atoms with van der Waals surface area (Å²) in [5, 5.41) is 10.3. The summed E-state index contributed by atoms with van der Waals surface area (Å²) >= 11 is 0. The van der Waals surface area contributed by atoms with Crippen molar-refractivity contribution >= 4 is 22.8 Å². The highest BCUT2D eigenvalue weighted by Gasteiger charge is 2.24. The van der Waals surface area contributed by atoms with Crippen LogP contribution in [0.5, 0.6) is 11.5 Å². The van der Waals surface area contributed by atoms with Gasteiger partial charge in [-0.3, -0.25) is 0 Å². The van der Waals surface area contributed by atoms with E-state index in [2.05, 4.69) is 0 Å². The summed E-state index contributed by atoms with van der Waals surface area (Å²) in [6.07, 6.45) is 1.57. The van der Waals surface area contributed by atoms with Crippen molar-refractivity contribution in [3.8, 4) is 17.2 Å². The Bertz CT molecular complexity index is 1020. The molecule has 0 bridgehead atoms. The van der Waals surface area contributed by atoms with Gasteiger partial charge in [-0.25, -0.2) is 9.59 Å². The van der Waals surface area contributed by atoms with E-state index in [1.165, 1.54) is 13.2 Å². The maximum absolute atomic E-state index is 12.1. The summed E-state index contributed by atoms with van der Waals surface area (Å²) in [5.74, 6) is -0.763. The zero-order valence-corrected chi connectivity index (χ0v) is 13.2. The van der Waals surface area contributed by atoms with Crippen LogP contribution in [0.25, 0.3) is 16.6 Å². The van der Waals surface area contributed by atoms with Crippen molar-refractivity contribution in [3.05, 3.63) is 53.7 Å². The van der Waals surface area contributed by atoms with Crippen molar-refractivity contribution in [2.75, 3.05) is 13.9 Å². The van der Waals surface area contributed by atoms with Crippen LogP contribution in [0.4, 0.5) is 0 Å². The third-order valence-corrected chi connectivity index (χ3v) is 4.10. The van der Waals surface area contributed by atoms with Gasteiger partial charge in [0, 0.05) is 23.7 Å². The number of benzene rings is 2. The molecule has 1 aliphatic heterocycles. The molecule has 126 valence electrons. The minimum atomic E-state index is -1.11. The highest BCUT2D eigenvalue weighted by atomic mass is 16.7. The smallest absolute Gasteiger partial charge is 0.340 e. The van der Waals surface area contributed by atoms with Gasteiger partial charge in [0.1, 0.15) is 0 Å². The van der Waals surface area contributed by atoms with E-state index in [0.29, 0.717) is 33.7 Å². The number of nitrogens with zero attached hydrogens (tertiary/aromatic N) is 1. The molecule has 1 N–H and O–H groups in total. The lowest BCUT2D eigenvalue weighted by Gasteiger charge is -2.10. The number of ether oxygens (including phenoxy) is 3. The SMILES string of the molecule is COC(=O)c1cn(-c2cc3c(cc2C(=O)O)OCO3)c2ccccc12. The Morgan fingerprint density at radius 1 is 1.12 bits per heavy atom. The average Bonchev–Trinajstić information content (AvgIpc) is 3.23. The first-order valence-corrected chi connectivity index (χ1v) is 7.46. The number of carboxylic acids is 1. The number of carbonyl (C=O) groups excluding carboxylic acids is 1. The molecule has 0 saturated heterocycles. The van der Waals surface area contributed by atoms with Gasteiger partial charge in [-0.15, -0.1) is 0 Å². The predicted octanol–water partition coefficient (Wildman–Crippen LogP) is 2.84. The first kappa shape index (κ1) is 15.1. The summed E-state index contributed by atoms with van der Waals surface area (Å²) in [4.78, 5) is 23.8. The largest absolute Gasteiger partial charge is 0.478 e. The number of esters is 1. The lowest BCUT2D eigenvalue weighted by molar-refractivity contribution is 0.0602. The summed E-state index contributed by atoms with van der Waals surface area (Å²) in [6.45, 7) is 0.0394. The minimum absolute atomic E-state index is 0.0394. The number of rotatable bonds is 3. The molecule has 2 heterocycles. The number of aromatic carboxylic acids is 1. The monoisotopic (exact) mass is 339 g/mol. The van der Waals surface area contributed by atoms with Crippen LogP contribution in [0.15, 0.2) is 42.6 Å². The Kier molecular flexibility index (Phi) is 3.35. The first-order chi connectivity index (χ1) is 12.1. The van der Waals surface area contributed by atoms with Gasteiger partial charge in [-0.05, 0) is 6.07 Å². The second kappa shape index (κ2) is 5.55. The fourth-order valence-corrected chi connectivity index (χ4v) is 2.95. The molecule has 7 heteroatoms. The number of hydrogen-bond donors (Lipinski definition) is 1. The average molecular weight is 339 g/mol. The molecule has 0 saturated carbocycles. The molecule has 0 aliphatic carbocycles. The molecular weight excluding hydrogens is 326 g/mol. The van der Waals surface area contributed by atoms with Gasteiger partial charge in [0.05, 0.1) is 29.4 Å². The van der Waals surface area contributed by atoms with E-state index < -0.39 is 11.9 Å². The minimum Gasteiger partial charge on any atom is -0.478 e. The third kappa shape index (κ3) is 2.28. The van der Waals surface area contributed by atoms with Gasteiger partial charge in [0.15, 0.2) is 11.5 Å². The molecule has 2 aromatic carbocycles. The normalized spacial score (nSPS) is 12.4. The Hall–Kier alpha value is -3.48. The van der Waals surface area contributed by atoms with Crippen molar-refractivity contribution in [2.24, 2.45) is 0 Å². The van der Waals surface area contributed by atoms with Crippen molar-refractivity contribution in [1.82, 2.24) is 4.57 Å². The van der Waals surface area contributed by atoms with E-state index in [1.807, 2.05) is 6.07 Å². The lowest BCUT2D eigenvalue weighted by Crippen LogP contribution is -2.05. The van der Waals surface area contributed by atoms with E-state index in [4.69, 9.17) is 14.2 Å². The highest BCUT2D eigenvalue weighted by Crippen LogP contribution is 2.38. The summed E-state index contributed by atoms with van der Waals surface area (Å²) in [6, 6.07) is 10.2. The van der Waals surface area contributed by atoms with Crippen LogP contribution in [0.3, 0.4) is 0 Å². The van der Waals surface area contributed by atoms with Crippen molar-refractivity contribution in [3.63, 3.8) is 0 Å². The molecule has 0 amide bonds. The van der Waals surface area contributed by atoms with Crippen LogP contribution in [-0.2, 0) is 4.74 Å². The molecule has 0 radical (unpaired) electrons. The molecule has 0 spiro atoms. The van der Waals surface area contributed by atoms with E-state index in [1.54, 1.807) is 35.0 Å². The molecule has 0 atom stereocenters. The Labute approximate surface area is 142 Å². The van der Waals surface area contributed by atoms with Crippen LogP contribution in [0.1, 0.15) is 20.7 Å². The summed E-state index contributed by atoms with van der Waals surface area (Å²) in [5.41, 5.74) is 1.46. The van der Waals surface area contributed by atoms with Gasteiger partial charge in [-0.2, -0.15) is 0 Å². The van der Waals surface area contributed by atoms with E-state index >= 15 is 0 Å². The lowest BCUT2D eigenvalue weighted by atomic mass is 10.1. The second-order valence-electron chi connectivity index (χ2n) is 5.45. The maximum Gasteiger partial charge on any atom is 0.340 e. The van der Waals surface area contributed by atoms with Gasteiger partial charge in [0.25, 0.3) is 0 Å². The van der Waals surface area contributed by atoms with Crippen molar-refractivity contribution in [1.29, 1.82) is 0 Å². The maximum atomic E-state index is 12.1. The quantitative estimate of drug-likeness (QED) is 0.738. The van der Waals surface area contributed by atoms with E-state index in [9.17, 15) is 14.7 Å². The number of para-hydroxylation sites is 1. The van der Waals surface area contributed by atoms with Crippen molar-refractivity contribution < 1.29 is 28.9 Å². The number of carboxylic acid groups (broad SMARTS) is 1.